The Morgan fingerprint density at radius 1 is 1.61 bits per heavy atom. The van der Waals surface area contributed by atoms with E-state index in [0.29, 0.717) is 25.7 Å². The molecule has 1 fully saturated rings. The van der Waals surface area contributed by atoms with Gasteiger partial charge in [0.15, 0.2) is 0 Å². The molecule has 1 rings (SSSR count). The lowest BCUT2D eigenvalue weighted by Gasteiger charge is -2.16. The fraction of sp³-hybridized carbons (Fsp3) is 0.583. The zero-order valence-electron chi connectivity index (χ0n) is 9.94. The number of unbranched alkanes of at least 4 members (excludes halogenated alkanes) is 1. The second kappa shape index (κ2) is 6.64. The summed E-state index contributed by atoms with van der Waals surface area (Å²) in [5.74, 6) is 0.685. The van der Waals surface area contributed by atoms with Crippen molar-refractivity contribution in [1.29, 1.82) is 0 Å². The minimum Gasteiger partial charge on any atom is -0.480 e. The Morgan fingerprint density at radius 2 is 2.33 bits per heavy atom. The van der Waals surface area contributed by atoms with Crippen molar-refractivity contribution in [1.82, 2.24) is 10.6 Å². The van der Waals surface area contributed by atoms with Crippen LogP contribution in [0.3, 0.4) is 0 Å². The molecule has 1 aliphatic heterocycles. The molecule has 0 aliphatic carbocycles. The lowest BCUT2D eigenvalue weighted by molar-refractivity contribution is -0.142. The van der Waals surface area contributed by atoms with Gasteiger partial charge in [0, 0.05) is 12.8 Å². The molecule has 2 amide bonds. The molecule has 0 aromatic carbocycles. The van der Waals surface area contributed by atoms with Gasteiger partial charge in [-0.2, -0.15) is 0 Å². The number of nitrogens with one attached hydrogen (secondary N) is 2. The molecule has 6 nitrogen and oxygen atoms in total. The summed E-state index contributed by atoms with van der Waals surface area (Å²) < 4.78 is 0. The monoisotopic (exact) mass is 252 g/mol. The van der Waals surface area contributed by atoms with Crippen molar-refractivity contribution in [3.05, 3.63) is 0 Å². The highest BCUT2D eigenvalue weighted by molar-refractivity contribution is 5.92. The summed E-state index contributed by atoms with van der Waals surface area (Å²) in [4.78, 5) is 33.6. The average molecular weight is 252 g/mol. The normalized spacial score (nSPS) is 19.7. The van der Waals surface area contributed by atoms with Crippen LogP contribution in [0.5, 0.6) is 0 Å². The first-order chi connectivity index (χ1) is 8.54. The largest absolute Gasteiger partial charge is 0.480 e. The van der Waals surface area contributed by atoms with Gasteiger partial charge in [-0.25, -0.2) is 4.79 Å². The van der Waals surface area contributed by atoms with Crippen LogP contribution in [0.25, 0.3) is 0 Å². The number of hydrogen-bond donors (Lipinski definition) is 3. The number of carbonyl (C=O) groups excluding carboxylic acids is 2. The van der Waals surface area contributed by atoms with E-state index in [1.807, 2.05) is 0 Å². The molecule has 1 saturated heterocycles. The predicted octanol–water partition coefficient (Wildman–Crippen LogP) is -0.362. The number of amides is 2. The molecule has 6 heteroatoms. The van der Waals surface area contributed by atoms with E-state index in [9.17, 15) is 14.4 Å². The van der Waals surface area contributed by atoms with Gasteiger partial charge in [-0.1, -0.05) is 0 Å². The Kier molecular flexibility index (Phi) is 5.18. The summed E-state index contributed by atoms with van der Waals surface area (Å²) in [6.45, 7) is 0. The number of aliphatic carboxylic acids is 1. The number of carboxylic acids is 1. The van der Waals surface area contributed by atoms with Crippen LogP contribution in [0.4, 0.5) is 0 Å². The molecular weight excluding hydrogens is 236 g/mol. The molecule has 0 unspecified atom stereocenters. The molecule has 18 heavy (non-hydrogen) atoms. The number of rotatable bonds is 6. The second-order valence-electron chi connectivity index (χ2n) is 4.15. The van der Waals surface area contributed by atoms with Crippen LogP contribution in [-0.4, -0.2) is 35.0 Å². The van der Waals surface area contributed by atoms with Crippen molar-refractivity contribution in [2.75, 3.05) is 0 Å². The first-order valence-electron chi connectivity index (χ1n) is 5.80. The maximum absolute atomic E-state index is 11.7. The summed E-state index contributed by atoms with van der Waals surface area (Å²) in [5, 5.41) is 13.9. The Morgan fingerprint density at radius 3 is 2.83 bits per heavy atom. The molecule has 0 radical (unpaired) electrons. The van der Waals surface area contributed by atoms with Crippen molar-refractivity contribution in [3.8, 4) is 12.3 Å². The first kappa shape index (κ1) is 14.0. The van der Waals surface area contributed by atoms with Crippen LogP contribution in [0.2, 0.25) is 0 Å². The first-order valence-corrected chi connectivity index (χ1v) is 5.80. The summed E-state index contributed by atoms with van der Waals surface area (Å²) in [6, 6.07) is -1.57. The quantitative estimate of drug-likeness (QED) is 0.444. The summed E-state index contributed by atoms with van der Waals surface area (Å²) >= 11 is 0. The van der Waals surface area contributed by atoms with Crippen LogP contribution in [0, 0.1) is 12.3 Å². The Labute approximate surface area is 105 Å². The van der Waals surface area contributed by atoms with E-state index in [4.69, 9.17) is 11.5 Å². The highest BCUT2D eigenvalue weighted by atomic mass is 16.4. The standard InChI is InChI=1S/C12H16N2O4/c1-2-3-4-5-9(12(17)18)14-11(16)8-6-7-10(15)13-8/h1,8-9H,3-7H2,(H,13,15)(H,14,16)(H,17,18)/t8-,9+/m1/s1. The minimum atomic E-state index is -1.09. The number of hydrogen-bond acceptors (Lipinski definition) is 3. The predicted molar refractivity (Wildman–Crippen MR) is 63.4 cm³/mol. The van der Waals surface area contributed by atoms with E-state index in [1.165, 1.54) is 0 Å². The topological polar surface area (TPSA) is 95.5 Å². The maximum Gasteiger partial charge on any atom is 0.326 e. The highest BCUT2D eigenvalue weighted by Gasteiger charge is 2.30. The van der Waals surface area contributed by atoms with Gasteiger partial charge >= 0.3 is 5.97 Å². The van der Waals surface area contributed by atoms with Crippen LogP contribution in [0.1, 0.15) is 32.1 Å². The Balaban J connectivity index is 2.45. The van der Waals surface area contributed by atoms with Crippen molar-refractivity contribution in [2.24, 2.45) is 0 Å². The minimum absolute atomic E-state index is 0.186. The zero-order valence-corrected chi connectivity index (χ0v) is 9.94. The smallest absolute Gasteiger partial charge is 0.326 e. The van der Waals surface area contributed by atoms with E-state index >= 15 is 0 Å². The average Bonchev–Trinajstić information content (AvgIpc) is 2.74. The summed E-state index contributed by atoms with van der Waals surface area (Å²) in [7, 11) is 0. The van der Waals surface area contributed by atoms with Crippen LogP contribution >= 0.6 is 0 Å². The zero-order chi connectivity index (χ0) is 13.5. The third kappa shape index (κ3) is 4.09. The number of carbonyl (C=O) groups is 3. The van der Waals surface area contributed by atoms with Gasteiger partial charge in [0.1, 0.15) is 12.1 Å². The third-order valence-corrected chi connectivity index (χ3v) is 2.74. The van der Waals surface area contributed by atoms with Crippen molar-refractivity contribution in [3.63, 3.8) is 0 Å². The molecule has 0 bridgehead atoms. The second-order valence-corrected chi connectivity index (χ2v) is 4.15. The molecule has 0 aromatic rings. The van der Waals surface area contributed by atoms with Crippen molar-refractivity contribution >= 4 is 17.8 Å². The van der Waals surface area contributed by atoms with Gasteiger partial charge in [0.2, 0.25) is 11.8 Å². The van der Waals surface area contributed by atoms with Gasteiger partial charge in [0.25, 0.3) is 0 Å². The van der Waals surface area contributed by atoms with Crippen molar-refractivity contribution in [2.45, 2.75) is 44.2 Å². The van der Waals surface area contributed by atoms with Gasteiger partial charge in [-0.3, -0.25) is 9.59 Å². The summed E-state index contributed by atoms with van der Waals surface area (Å²) in [6.07, 6.45) is 7.07. The van der Waals surface area contributed by atoms with E-state index in [1.54, 1.807) is 0 Å². The molecule has 1 heterocycles. The van der Waals surface area contributed by atoms with Crippen LogP contribution in [0.15, 0.2) is 0 Å². The van der Waals surface area contributed by atoms with Crippen LogP contribution in [-0.2, 0) is 14.4 Å². The third-order valence-electron chi connectivity index (χ3n) is 2.74. The number of carboxylic acid groups (broad SMARTS) is 1. The SMILES string of the molecule is C#CCCC[C@H](NC(=O)[C@H]1CCC(=O)N1)C(=O)O. The fourth-order valence-electron chi connectivity index (χ4n) is 1.75. The summed E-state index contributed by atoms with van der Waals surface area (Å²) in [5.41, 5.74) is 0. The van der Waals surface area contributed by atoms with E-state index in [2.05, 4.69) is 16.6 Å². The van der Waals surface area contributed by atoms with Gasteiger partial charge in [-0.05, 0) is 19.3 Å². The lowest BCUT2D eigenvalue weighted by Crippen LogP contribution is -2.48. The Bertz CT molecular complexity index is 386. The van der Waals surface area contributed by atoms with E-state index < -0.39 is 24.0 Å². The fourth-order valence-corrected chi connectivity index (χ4v) is 1.75. The van der Waals surface area contributed by atoms with Crippen LogP contribution < -0.4 is 10.6 Å². The Hall–Kier alpha value is -2.03. The molecule has 0 aromatic heterocycles. The van der Waals surface area contributed by atoms with E-state index in [0.717, 1.165) is 0 Å². The number of terminal acetylenes is 1. The van der Waals surface area contributed by atoms with Gasteiger partial charge in [0.05, 0.1) is 0 Å². The van der Waals surface area contributed by atoms with Gasteiger partial charge in [-0.15, -0.1) is 12.3 Å². The lowest BCUT2D eigenvalue weighted by atomic mass is 10.1. The molecular formula is C12H16N2O4. The molecule has 98 valence electrons. The maximum atomic E-state index is 11.7. The molecule has 3 N–H and O–H groups in total. The van der Waals surface area contributed by atoms with Crippen molar-refractivity contribution < 1.29 is 19.5 Å². The van der Waals surface area contributed by atoms with Gasteiger partial charge < -0.3 is 15.7 Å². The molecule has 2 atom stereocenters. The van der Waals surface area contributed by atoms with E-state index in [-0.39, 0.29) is 12.3 Å². The highest BCUT2D eigenvalue weighted by Crippen LogP contribution is 2.08. The molecule has 0 saturated carbocycles. The molecule has 0 spiro atoms. The molecule has 1 aliphatic rings.